The van der Waals surface area contributed by atoms with Gasteiger partial charge in [0, 0.05) is 12.7 Å². The molecule has 0 amide bonds. The zero-order valence-corrected chi connectivity index (χ0v) is 12.8. The van der Waals surface area contributed by atoms with E-state index in [4.69, 9.17) is 19.7 Å². The number of nitrogens with zero attached hydrogens (tertiary/aromatic N) is 2. The van der Waals surface area contributed by atoms with Gasteiger partial charge in [-0.15, -0.1) is 0 Å². The van der Waals surface area contributed by atoms with E-state index in [1.54, 1.807) is 26.4 Å². The molecule has 114 valence electrons. The highest BCUT2D eigenvalue weighted by Gasteiger charge is 2.33. The van der Waals surface area contributed by atoms with Crippen LogP contribution in [0.3, 0.4) is 0 Å². The van der Waals surface area contributed by atoms with Gasteiger partial charge in [0.15, 0.2) is 0 Å². The number of rotatable bonds is 6. The van der Waals surface area contributed by atoms with Gasteiger partial charge in [0.2, 0.25) is 5.82 Å². The standard InChI is InChI=1S/C15H21N3O3/c1-5-15(6-2,20-4)14-17-13(21-18-14)10-7-8-12(19-3)11(16)9-10/h7-9H,5-6,16H2,1-4H3. The van der Waals surface area contributed by atoms with Crippen LogP contribution in [-0.4, -0.2) is 24.4 Å². The monoisotopic (exact) mass is 291 g/mol. The van der Waals surface area contributed by atoms with Gasteiger partial charge in [-0.05, 0) is 31.0 Å². The lowest BCUT2D eigenvalue weighted by atomic mass is 9.96. The Hall–Kier alpha value is -2.08. The number of hydrogen-bond acceptors (Lipinski definition) is 6. The van der Waals surface area contributed by atoms with Gasteiger partial charge in [-0.3, -0.25) is 0 Å². The summed E-state index contributed by atoms with van der Waals surface area (Å²) in [5.74, 6) is 1.59. The third kappa shape index (κ3) is 2.71. The quantitative estimate of drug-likeness (QED) is 0.824. The molecule has 0 aliphatic rings. The second kappa shape index (κ2) is 6.13. The van der Waals surface area contributed by atoms with Crippen LogP contribution in [0, 0.1) is 0 Å². The number of methoxy groups -OCH3 is 2. The van der Waals surface area contributed by atoms with Gasteiger partial charge in [-0.25, -0.2) is 0 Å². The number of ether oxygens (including phenoxy) is 2. The summed E-state index contributed by atoms with van der Waals surface area (Å²) in [6.07, 6.45) is 1.54. The van der Waals surface area contributed by atoms with Crippen molar-refractivity contribution in [2.75, 3.05) is 20.0 Å². The number of anilines is 1. The first-order chi connectivity index (χ1) is 10.1. The Labute approximate surface area is 124 Å². The molecule has 0 saturated carbocycles. The molecule has 0 bridgehead atoms. The molecule has 2 aromatic rings. The molecule has 0 unspecified atom stereocenters. The number of hydrogen-bond donors (Lipinski definition) is 1. The Kier molecular flexibility index (Phi) is 4.47. The first-order valence-corrected chi connectivity index (χ1v) is 6.93. The van der Waals surface area contributed by atoms with Gasteiger partial charge in [0.25, 0.3) is 5.89 Å². The molecule has 0 atom stereocenters. The van der Waals surface area contributed by atoms with Crippen LogP contribution in [-0.2, 0) is 10.3 Å². The maximum Gasteiger partial charge on any atom is 0.258 e. The van der Waals surface area contributed by atoms with Crippen LogP contribution in [0.4, 0.5) is 5.69 Å². The van der Waals surface area contributed by atoms with Crippen LogP contribution in [0.1, 0.15) is 32.5 Å². The summed E-state index contributed by atoms with van der Waals surface area (Å²) in [5.41, 5.74) is 6.67. The van der Waals surface area contributed by atoms with Crippen molar-refractivity contribution in [3.8, 4) is 17.2 Å². The Balaban J connectivity index is 2.38. The lowest BCUT2D eigenvalue weighted by Gasteiger charge is -2.25. The van der Waals surface area contributed by atoms with Crippen molar-refractivity contribution in [3.05, 3.63) is 24.0 Å². The SMILES string of the molecule is CCC(CC)(OC)c1noc(-c2ccc(OC)c(N)c2)n1. The Bertz CT molecular complexity index is 598. The van der Waals surface area contributed by atoms with E-state index in [2.05, 4.69) is 10.1 Å². The summed E-state index contributed by atoms with van der Waals surface area (Å²) in [6, 6.07) is 5.36. The minimum Gasteiger partial charge on any atom is -0.495 e. The smallest absolute Gasteiger partial charge is 0.258 e. The van der Waals surface area contributed by atoms with Crippen molar-refractivity contribution < 1.29 is 14.0 Å². The van der Waals surface area contributed by atoms with Crippen molar-refractivity contribution in [2.24, 2.45) is 0 Å². The maximum atomic E-state index is 5.90. The van der Waals surface area contributed by atoms with E-state index >= 15 is 0 Å². The molecule has 0 spiro atoms. The van der Waals surface area contributed by atoms with Gasteiger partial charge >= 0.3 is 0 Å². The predicted molar refractivity (Wildman–Crippen MR) is 80.0 cm³/mol. The highest BCUT2D eigenvalue weighted by molar-refractivity contribution is 5.65. The van der Waals surface area contributed by atoms with Crippen LogP contribution in [0.2, 0.25) is 0 Å². The zero-order valence-electron chi connectivity index (χ0n) is 12.8. The van der Waals surface area contributed by atoms with Gasteiger partial charge in [0.1, 0.15) is 11.4 Å². The van der Waals surface area contributed by atoms with E-state index in [1.807, 2.05) is 19.9 Å². The average molecular weight is 291 g/mol. The van der Waals surface area contributed by atoms with E-state index < -0.39 is 5.60 Å². The van der Waals surface area contributed by atoms with Crippen molar-refractivity contribution in [3.63, 3.8) is 0 Å². The molecule has 1 aromatic carbocycles. The molecule has 1 heterocycles. The summed E-state index contributed by atoms with van der Waals surface area (Å²) in [5, 5.41) is 4.07. The first-order valence-electron chi connectivity index (χ1n) is 6.93. The van der Waals surface area contributed by atoms with Crippen LogP contribution in [0.25, 0.3) is 11.5 Å². The fraction of sp³-hybridized carbons (Fsp3) is 0.467. The third-order valence-corrected chi connectivity index (χ3v) is 3.84. The third-order valence-electron chi connectivity index (χ3n) is 3.84. The normalized spacial score (nSPS) is 11.6. The lowest BCUT2D eigenvalue weighted by molar-refractivity contribution is -0.0306. The molecular formula is C15H21N3O3. The molecule has 1 aromatic heterocycles. The Morgan fingerprint density at radius 2 is 1.95 bits per heavy atom. The Morgan fingerprint density at radius 1 is 1.24 bits per heavy atom. The highest BCUT2D eigenvalue weighted by atomic mass is 16.5. The van der Waals surface area contributed by atoms with E-state index in [9.17, 15) is 0 Å². The van der Waals surface area contributed by atoms with Gasteiger partial charge in [-0.2, -0.15) is 4.98 Å². The van der Waals surface area contributed by atoms with Crippen molar-refractivity contribution in [1.82, 2.24) is 10.1 Å². The number of benzene rings is 1. The van der Waals surface area contributed by atoms with E-state index in [0.717, 1.165) is 18.4 Å². The molecule has 2 rings (SSSR count). The predicted octanol–water partition coefficient (Wildman–Crippen LogP) is 2.99. The topological polar surface area (TPSA) is 83.4 Å². The van der Waals surface area contributed by atoms with E-state index in [1.165, 1.54) is 0 Å². The van der Waals surface area contributed by atoms with Gasteiger partial charge in [0.05, 0.1) is 12.8 Å². The minimum atomic E-state index is -0.514. The molecule has 6 nitrogen and oxygen atoms in total. The number of nitrogens with two attached hydrogens (primary N) is 1. The highest BCUT2D eigenvalue weighted by Crippen LogP contribution is 2.33. The fourth-order valence-corrected chi connectivity index (χ4v) is 2.34. The largest absolute Gasteiger partial charge is 0.495 e. The van der Waals surface area contributed by atoms with E-state index in [0.29, 0.717) is 23.2 Å². The van der Waals surface area contributed by atoms with E-state index in [-0.39, 0.29) is 0 Å². The van der Waals surface area contributed by atoms with Crippen LogP contribution >= 0.6 is 0 Å². The van der Waals surface area contributed by atoms with Crippen LogP contribution < -0.4 is 10.5 Å². The summed E-state index contributed by atoms with van der Waals surface area (Å²) in [4.78, 5) is 4.46. The number of aromatic nitrogens is 2. The molecule has 0 aliphatic carbocycles. The molecular weight excluding hydrogens is 270 g/mol. The Morgan fingerprint density at radius 3 is 2.48 bits per heavy atom. The number of nitrogen functional groups attached to an aromatic ring is 1. The fourth-order valence-electron chi connectivity index (χ4n) is 2.34. The maximum absolute atomic E-state index is 5.90. The van der Waals surface area contributed by atoms with Crippen molar-refractivity contribution in [1.29, 1.82) is 0 Å². The summed E-state index contributed by atoms with van der Waals surface area (Å²) in [6.45, 7) is 4.07. The first kappa shape index (κ1) is 15.3. The lowest BCUT2D eigenvalue weighted by Crippen LogP contribution is -2.28. The molecule has 6 heteroatoms. The second-order valence-corrected chi connectivity index (χ2v) is 4.79. The molecule has 0 aliphatic heterocycles. The molecule has 21 heavy (non-hydrogen) atoms. The molecule has 2 N–H and O–H groups in total. The molecule has 0 saturated heterocycles. The molecule has 0 fully saturated rings. The molecule has 0 radical (unpaired) electrons. The van der Waals surface area contributed by atoms with Crippen LogP contribution in [0.5, 0.6) is 5.75 Å². The average Bonchev–Trinajstić information content (AvgIpc) is 3.00. The zero-order chi connectivity index (χ0) is 15.5. The summed E-state index contributed by atoms with van der Waals surface area (Å²) in [7, 11) is 3.24. The summed E-state index contributed by atoms with van der Waals surface area (Å²) >= 11 is 0. The minimum absolute atomic E-state index is 0.419. The van der Waals surface area contributed by atoms with Gasteiger partial charge < -0.3 is 19.7 Å². The summed E-state index contributed by atoms with van der Waals surface area (Å²) < 4.78 is 16.1. The van der Waals surface area contributed by atoms with Gasteiger partial charge in [-0.1, -0.05) is 19.0 Å². The second-order valence-electron chi connectivity index (χ2n) is 4.79. The van der Waals surface area contributed by atoms with Crippen LogP contribution in [0.15, 0.2) is 22.7 Å². The van der Waals surface area contributed by atoms with Crippen molar-refractivity contribution in [2.45, 2.75) is 32.3 Å². The van der Waals surface area contributed by atoms with Crippen molar-refractivity contribution >= 4 is 5.69 Å².